The summed E-state index contributed by atoms with van der Waals surface area (Å²) >= 11 is 0. The third-order valence-corrected chi connectivity index (χ3v) is 4.57. The molecule has 0 saturated heterocycles. The molecule has 0 atom stereocenters. The van der Waals surface area contributed by atoms with E-state index in [-0.39, 0.29) is 11.5 Å². The molecule has 0 radical (unpaired) electrons. The molecule has 0 saturated carbocycles. The van der Waals surface area contributed by atoms with E-state index >= 15 is 0 Å². The van der Waals surface area contributed by atoms with Crippen LogP contribution in [0.4, 0.5) is 11.4 Å². The van der Waals surface area contributed by atoms with Crippen molar-refractivity contribution in [1.29, 1.82) is 0 Å². The molecule has 2 N–H and O–H groups in total. The second-order valence-corrected chi connectivity index (χ2v) is 7.32. The Balaban J connectivity index is 1.75. The van der Waals surface area contributed by atoms with E-state index in [1.165, 1.54) is 6.33 Å². The van der Waals surface area contributed by atoms with Gasteiger partial charge < -0.3 is 20.0 Å². The van der Waals surface area contributed by atoms with Crippen molar-refractivity contribution in [3.8, 4) is 11.5 Å². The lowest BCUT2D eigenvalue weighted by atomic mass is 10.1. The third-order valence-electron chi connectivity index (χ3n) is 4.57. The van der Waals surface area contributed by atoms with E-state index < -0.39 is 0 Å². The van der Waals surface area contributed by atoms with E-state index in [0.717, 1.165) is 33.9 Å². The Morgan fingerprint density at radius 1 is 0.633 bits per heavy atom. The maximum Gasteiger partial charge on any atom is 0.139 e. The average molecular weight is 402 g/mol. The number of phenols is 2. The van der Waals surface area contributed by atoms with Gasteiger partial charge in [0.2, 0.25) is 0 Å². The largest absolute Gasteiger partial charge is 0.506 e. The molecule has 0 bridgehead atoms. The lowest BCUT2D eigenvalue weighted by molar-refractivity contribution is 0.475. The Bertz CT molecular complexity index is 1010. The lowest BCUT2D eigenvalue weighted by Crippen LogP contribution is -2.08. The molecule has 6 heteroatoms. The smallest absolute Gasteiger partial charge is 0.139 e. The van der Waals surface area contributed by atoms with Gasteiger partial charge in [-0.2, -0.15) is 0 Å². The van der Waals surface area contributed by atoms with Gasteiger partial charge in [0.05, 0.1) is 22.8 Å². The summed E-state index contributed by atoms with van der Waals surface area (Å²) in [4.78, 5) is 12.3. The number of rotatable bonds is 6. The highest BCUT2D eigenvalue weighted by molar-refractivity contribution is 5.74. The summed E-state index contributed by atoms with van der Waals surface area (Å²) in [6.45, 7) is 0. The number of benzene rings is 2. The molecular weight excluding hydrogens is 376 g/mol. The Kier molecular flexibility index (Phi) is 6.37. The van der Waals surface area contributed by atoms with Gasteiger partial charge >= 0.3 is 0 Å². The fourth-order valence-corrected chi connectivity index (χ4v) is 2.98. The second kappa shape index (κ2) is 9.13. The van der Waals surface area contributed by atoms with Crippen LogP contribution < -0.4 is 9.80 Å². The fraction of sp³-hybridized carbons (Fsp3) is 0.167. The van der Waals surface area contributed by atoms with Crippen LogP contribution >= 0.6 is 0 Å². The minimum atomic E-state index is 0.233. The third kappa shape index (κ3) is 5.17. The summed E-state index contributed by atoms with van der Waals surface area (Å²) in [6, 6.07) is 12.9. The van der Waals surface area contributed by atoms with Crippen LogP contribution in [-0.2, 0) is 0 Å². The molecule has 0 aliphatic rings. The number of aromatic nitrogens is 2. The highest BCUT2D eigenvalue weighted by Gasteiger charge is 2.04. The molecule has 0 fully saturated rings. The summed E-state index contributed by atoms with van der Waals surface area (Å²) in [7, 11) is 7.55. The standard InChI is InChI=1S/C24H26N4O2/c1-27(2)21-11-7-17(13-23(21)29)5-9-19-15-20(26-16-25-19)10-6-18-8-12-22(28(3)4)24(30)14-18/h5-16,29-30H,1-4H3/b9-5+,10-6+. The summed E-state index contributed by atoms with van der Waals surface area (Å²) in [5, 5.41) is 20.2. The van der Waals surface area contributed by atoms with Gasteiger partial charge in [-0.15, -0.1) is 0 Å². The van der Waals surface area contributed by atoms with Crippen molar-refractivity contribution in [1.82, 2.24) is 9.97 Å². The van der Waals surface area contributed by atoms with Crippen molar-refractivity contribution in [2.24, 2.45) is 0 Å². The van der Waals surface area contributed by atoms with Gasteiger partial charge in [0.1, 0.15) is 17.8 Å². The van der Waals surface area contributed by atoms with Crippen molar-refractivity contribution < 1.29 is 10.2 Å². The van der Waals surface area contributed by atoms with E-state index in [9.17, 15) is 10.2 Å². The van der Waals surface area contributed by atoms with Crippen LogP contribution in [-0.4, -0.2) is 48.4 Å². The first-order valence-electron chi connectivity index (χ1n) is 9.52. The van der Waals surface area contributed by atoms with Crippen LogP contribution in [0.15, 0.2) is 48.8 Å². The zero-order valence-electron chi connectivity index (χ0n) is 17.6. The first-order chi connectivity index (χ1) is 14.3. The Labute approximate surface area is 177 Å². The molecule has 0 aliphatic heterocycles. The molecule has 0 spiro atoms. The van der Waals surface area contributed by atoms with Gasteiger partial charge in [0.25, 0.3) is 0 Å². The summed E-state index contributed by atoms with van der Waals surface area (Å²) < 4.78 is 0. The second-order valence-electron chi connectivity index (χ2n) is 7.32. The lowest BCUT2D eigenvalue weighted by Gasteiger charge is -2.14. The minimum Gasteiger partial charge on any atom is -0.506 e. The fourth-order valence-electron chi connectivity index (χ4n) is 2.98. The molecule has 1 aromatic heterocycles. The normalized spacial score (nSPS) is 11.3. The van der Waals surface area contributed by atoms with Crippen molar-refractivity contribution >= 4 is 35.7 Å². The van der Waals surface area contributed by atoms with Crippen molar-refractivity contribution in [2.45, 2.75) is 0 Å². The molecule has 3 aromatic rings. The van der Waals surface area contributed by atoms with E-state index in [0.29, 0.717) is 0 Å². The van der Waals surface area contributed by atoms with E-state index in [2.05, 4.69) is 9.97 Å². The number of nitrogens with zero attached hydrogens (tertiary/aromatic N) is 4. The van der Waals surface area contributed by atoms with Gasteiger partial charge in [-0.3, -0.25) is 0 Å². The minimum absolute atomic E-state index is 0.233. The average Bonchev–Trinajstić information content (AvgIpc) is 2.70. The van der Waals surface area contributed by atoms with Gasteiger partial charge in [0, 0.05) is 28.2 Å². The van der Waals surface area contributed by atoms with Crippen LogP contribution in [0.3, 0.4) is 0 Å². The van der Waals surface area contributed by atoms with Gasteiger partial charge in [-0.05, 0) is 53.6 Å². The quantitative estimate of drug-likeness (QED) is 0.638. The first kappa shape index (κ1) is 20.9. The van der Waals surface area contributed by atoms with Crippen LogP contribution in [0.2, 0.25) is 0 Å². The van der Waals surface area contributed by atoms with Crippen molar-refractivity contribution in [3.05, 3.63) is 71.3 Å². The number of hydrogen-bond acceptors (Lipinski definition) is 6. The summed E-state index contributed by atoms with van der Waals surface area (Å²) in [5.74, 6) is 0.467. The predicted molar refractivity (Wildman–Crippen MR) is 125 cm³/mol. The van der Waals surface area contributed by atoms with Gasteiger partial charge in [-0.1, -0.05) is 24.3 Å². The molecule has 1 heterocycles. The van der Waals surface area contributed by atoms with E-state index in [4.69, 9.17) is 0 Å². The number of aromatic hydroxyl groups is 2. The van der Waals surface area contributed by atoms with Crippen LogP contribution in [0.1, 0.15) is 22.5 Å². The topological polar surface area (TPSA) is 72.7 Å². The monoisotopic (exact) mass is 402 g/mol. The Morgan fingerprint density at radius 3 is 1.43 bits per heavy atom. The number of anilines is 2. The Morgan fingerprint density at radius 2 is 1.07 bits per heavy atom. The Hall–Kier alpha value is -3.80. The molecule has 6 nitrogen and oxygen atoms in total. The molecule has 3 rings (SSSR count). The van der Waals surface area contributed by atoms with Crippen LogP contribution in [0.5, 0.6) is 11.5 Å². The zero-order chi connectivity index (χ0) is 21.7. The summed E-state index contributed by atoms with van der Waals surface area (Å²) in [5.41, 5.74) is 4.81. The molecule has 0 unspecified atom stereocenters. The summed E-state index contributed by atoms with van der Waals surface area (Å²) in [6.07, 6.45) is 9.06. The van der Waals surface area contributed by atoms with Gasteiger partial charge in [-0.25, -0.2) is 9.97 Å². The van der Waals surface area contributed by atoms with E-state index in [1.807, 2.05) is 92.6 Å². The molecule has 2 aromatic carbocycles. The van der Waals surface area contributed by atoms with E-state index in [1.54, 1.807) is 12.1 Å². The first-order valence-corrected chi connectivity index (χ1v) is 9.52. The SMILES string of the molecule is CN(C)c1ccc(/C=C/c2cc(/C=C/c3ccc(N(C)C)c(O)c3)ncn2)cc1O. The molecular formula is C24H26N4O2. The highest BCUT2D eigenvalue weighted by Crippen LogP contribution is 2.28. The zero-order valence-corrected chi connectivity index (χ0v) is 17.6. The molecule has 0 amide bonds. The molecule has 30 heavy (non-hydrogen) atoms. The predicted octanol–water partition coefficient (Wildman–Crippen LogP) is 4.36. The van der Waals surface area contributed by atoms with Gasteiger partial charge in [0.15, 0.2) is 0 Å². The molecule has 154 valence electrons. The number of hydrogen-bond donors (Lipinski definition) is 2. The van der Waals surface area contributed by atoms with Crippen molar-refractivity contribution in [3.63, 3.8) is 0 Å². The van der Waals surface area contributed by atoms with Crippen LogP contribution in [0.25, 0.3) is 24.3 Å². The molecule has 0 aliphatic carbocycles. The highest BCUT2D eigenvalue weighted by atomic mass is 16.3. The van der Waals surface area contributed by atoms with Crippen LogP contribution in [0, 0.1) is 0 Å². The maximum absolute atomic E-state index is 10.1. The maximum atomic E-state index is 10.1. The number of phenolic OH excluding ortho intramolecular Hbond substituents is 2. The van der Waals surface area contributed by atoms with Crippen molar-refractivity contribution in [2.75, 3.05) is 38.0 Å².